The average molecular weight is 326 g/mol. The first-order valence-corrected chi connectivity index (χ1v) is 8.21. The quantitative estimate of drug-likeness (QED) is 0.812. The molecule has 0 spiro atoms. The lowest BCUT2D eigenvalue weighted by Gasteiger charge is -2.22. The van der Waals surface area contributed by atoms with Crippen molar-refractivity contribution in [1.29, 1.82) is 0 Å². The number of carbonyl (C=O) groups excluding carboxylic acids is 1. The molecule has 1 aromatic carbocycles. The van der Waals surface area contributed by atoms with Crippen LogP contribution >= 0.6 is 24.0 Å². The summed E-state index contributed by atoms with van der Waals surface area (Å²) >= 11 is 6.77. The molecule has 0 bridgehead atoms. The zero-order valence-electron chi connectivity index (χ0n) is 12.9. The third-order valence-electron chi connectivity index (χ3n) is 3.01. The first-order chi connectivity index (χ1) is 10.0. The van der Waals surface area contributed by atoms with E-state index < -0.39 is 0 Å². The minimum Gasteiger partial charge on any atom is -0.497 e. The lowest BCUT2D eigenvalue weighted by Crippen LogP contribution is -2.31. The second-order valence-electron chi connectivity index (χ2n) is 4.42. The van der Waals surface area contributed by atoms with E-state index in [1.54, 1.807) is 13.2 Å². The van der Waals surface area contributed by atoms with Gasteiger partial charge in [0.15, 0.2) is 0 Å². The van der Waals surface area contributed by atoms with Crippen molar-refractivity contribution in [2.75, 3.05) is 25.5 Å². The number of thioether (sulfide) groups is 1. The number of benzene rings is 1. The van der Waals surface area contributed by atoms with Crippen LogP contribution in [0, 0.1) is 0 Å². The number of hydrogen-bond acceptors (Lipinski definition) is 4. The van der Waals surface area contributed by atoms with Crippen LogP contribution in [0.3, 0.4) is 0 Å². The standard InChI is InChI=1S/C15H22N2O2S2/c1-5-17(6-2)15(20)21-11(3)14(18)16-12-8-7-9-13(10-12)19-4/h7-11H,5-6H2,1-4H3,(H,16,18)/t11-/m1/s1. The summed E-state index contributed by atoms with van der Waals surface area (Å²) in [6.45, 7) is 7.67. The van der Waals surface area contributed by atoms with Crippen LogP contribution in [0.1, 0.15) is 20.8 Å². The minimum absolute atomic E-state index is 0.0669. The molecule has 1 amide bonds. The maximum atomic E-state index is 12.2. The van der Waals surface area contributed by atoms with Gasteiger partial charge in [-0.15, -0.1) is 0 Å². The van der Waals surface area contributed by atoms with Crippen molar-refractivity contribution in [2.24, 2.45) is 0 Å². The minimum atomic E-state index is -0.246. The third kappa shape index (κ3) is 5.55. The van der Waals surface area contributed by atoms with Crippen LogP contribution in [-0.2, 0) is 4.79 Å². The van der Waals surface area contributed by atoms with E-state index in [1.807, 2.05) is 25.1 Å². The first kappa shape index (κ1) is 17.8. The smallest absolute Gasteiger partial charge is 0.237 e. The number of methoxy groups -OCH3 is 1. The van der Waals surface area contributed by atoms with E-state index >= 15 is 0 Å². The molecule has 0 radical (unpaired) electrons. The first-order valence-electron chi connectivity index (χ1n) is 6.92. The van der Waals surface area contributed by atoms with E-state index in [2.05, 4.69) is 24.1 Å². The maximum absolute atomic E-state index is 12.2. The van der Waals surface area contributed by atoms with Crippen molar-refractivity contribution in [2.45, 2.75) is 26.0 Å². The number of hydrogen-bond donors (Lipinski definition) is 1. The number of carbonyl (C=O) groups is 1. The predicted octanol–water partition coefficient (Wildman–Crippen LogP) is 3.38. The van der Waals surface area contributed by atoms with Gasteiger partial charge in [-0.05, 0) is 32.9 Å². The molecule has 0 fully saturated rings. The molecule has 1 aromatic rings. The molecule has 0 aliphatic heterocycles. The van der Waals surface area contributed by atoms with Crippen molar-refractivity contribution in [3.05, 3.63) is 24.3 Å². The number of nitrogens with one attached hydrogen (secondary N) is 1. The molecule has 4 nitrogen and oxygen atoms in total. The van der Waals surface area contributed by atoms with Crippen molar-refractivity contribution in [3.63, 3.8) is 0 Å². The predicted molar refractivity (Wildman–Crippen MR) is 94.2 cm³/mol. The molecule has 0 aliphatic carbocycles. The summed E-state index contributed by atoms with van der Waals surface area (Å²) < 4.78 is 5.90. The summed E-state index contributed by atoms with van der Waals surface area (Å²) in [4.78, 5) is 14.3. The van der Waals surface area contributed by atoms with Gasteiger partial charge in [-0.2, -0.15) is 0 Å². The Morgan fingerprint density at radius 2 is 2.10 bits per heavy atom. The Balaban J connectivity index is 2.60. The Morgan fingerprint density at radius 1 is 1.43 bits per heavy atom. The summed E-state index contributed by atoms with van der Waals surface area (Å²) in [6, 6.07) is 7.30. The number of amides is 1. The second kappa shape index (κ2) is 8.89. The Bertz CT molecular complexity index is 490. The molecular weight excluding hydrogens is 304 g/mol. The van der Waals surface area contributed by atoms with Gasteiger partial charge in [-0.3, -0.25) is 4.79 Å². The Hall–Kier alpha value is -1.27. The fourth-order valence-corrected chi connectivity index (χ4v) is 3.27. The fourth-order valence-electron chi connectivity index (χ4n) is 1.71. The van der Waals surface area contributed by atoms with Gasteiger partial charge in [0.1, 0.15) is 10.1 Å². The topological polar surface area (TPSA) is 41.6 Å². The third-order valence-corrected chi connectivity index (χ3v) is 4.58. The molecule has 0 saturated carbocycles. The molecule has 21 heavy (non-hydrogen) atoms. The highest BCUT2D eigenvalue weighted by molar-refractivity contribution is 8.23. The molecule has 0 unspecified atom stereocenters. The number of rotatable bonds is 6. The van der Waals surface area contributed by atoms with Crippen LogP contribution in [0.15, 0.2) is 24.3 Å². The van der Waals surface area contributed by atoms with Crippen LogP contribution < -0.4 is 10.1 Å². The lowest BCUT2D eigenvalue weighted by atomic mass is 10.3. The summed E-state index contributed by atoms with van der Waals surface area (Å²) in [7, 11) is 1.60. The Morgan fingerprint density at radius 3 is 2.67 bits per heavy atom. The molecule has 1 atom stereocenters. The van der Waals surface area contributed by atoms with Crippen molar-refractivity contribution >= 4 is 39.9 Å². The molecule has 0 aromatic heterocycles. The number of ether oxygens (including phenoxy) is 1. The molecule has 1 rings (SSSR count). The van der Waals surface area contributed by atoms with E-state index in [4.69, 9.17) is 17.0 Å². The summed E-state index contributed by atoms with van der Waals surface area (Å²) in [5.74, 6) is 0.648. The highest BCUT2D eigenvalue weighted by Gasteiger charge is 2.18. The summed E-state index contributed by atoms with van der Waals surface area (Å²) in [5.41, 5.74) is 0.723. The zero-order chi connectivity index (χ0) is 15.8. The van der Waals surface area contributed by atoms with Gasteiger partial charge in [0.2, 0.25) is 5.91 Å². The maximum Gasteiger partial charge on any atom is 0.237 e. The van der Waals surface area contributed by atoms with E-state index in [-0.39, 0.29) is 11.2 Å². The van der Waals surface area contributed by atoms with Crippen LogP contribution in [0.25, 0.3) is 0 Å². The Labute approximate surface area is 136 Å². The van der Waals surface area contributed by atoms with Gasteiger partial charge in [0, 0.05) is 24.8 Å². The van der Waals surface area contributed by atoms with Gasteiger partial charge in [0.05, 0.1) is 12.4 Å². The van der Waals surface area contributed by atoms with E-state index in [0.29, 0.717) is 5.75 Å². The normalized spacial score (nSPS) is 11.6. The van der Waals surface area contributed by atoms with Gasteiger partial charge in [0.25, 0.3) is 0 Å². The van der Waals surface area contributed by atoms with Crippen LogP contribution in [0.2, 0.25) is 0 Å². The zero-order valence-corrected chi connectivity index (χ0v) is 14.5. The van der Waals surface area contributed by atoms with E-state index in [1.165, 1.54) is 11.8 Å². The Kier molecular flexibility index (Phi) is 7.53. The number of anilines is 1. The highest BCUT2D eigenvalue weighted by atomic mass is 32.2. The van der Waals surface area contributed by atoms with E-state index in [9.17, 15) is 4.79 Å². The van der Waals surface area contributed by atoms with Crippen molar-refractivity contribution in [1.82, 2.24) is 4.90 Å². The molecule has 1 N–H and O–H groups in total. The van der Waals surface area contributed by atoms with Crippen molar-refractivity contribution in [3.8, 4) is 5.75 Å². The van der Waals surface area contributed by atoms with Crippen molar-refractivity contribution < 1.29 is 9.53 Å². The number of thiocarbonyl (C=S) groups is 1. The molecule has 0 heterocycles. The monoisotopic (exact) mass is 326 g/mol. The SMILES string of the molecule is CCN(CC)C(=S)S[C@H](C)C(=O)Nc1cccc(OC)c1. The highest BCUT2D eigenvalue weighted by Crippen LogP contribution is 2.20. The molecule has 116 valence electrons. The lowest BCUT2D eigenvalue weighted by molar-refractivity contribution is -0.115. The molecule has 0 aliphatic rings. The summed E-state index contributed by atoms with van der Waals surface area (Å²) in [6.07, 6.45) is 0. The van der Waals surface area contributed by atoms with Gasteiger partial charge in [-0.25, -0.2) is 0 Å². The molecule has 6 heteroatoms. The van der Waals surface area contributed by atoms with Gasteiger partial charge < -0.3 is 15.0 Å². The van der Waals surface area contributed by atoms with Gasteiger partial charge >= 0.3 is 0 Å². The van der Waals surface area contributed by atoms with Crippen LogP contribution in [0.4, 0.5) is 5.69 Å². The van der Waals surface area contributed by atoms with E-state index in [0.717, 1.165) is 23.1 Å². The largest absolute Gasteiger partial charge is 0.497 e. The molecule has 0 saturated heterocycles. The average Bonchev–Trinajstić information content (AvgIpc) is 2.48. The number of nitrogens with zero attached hydrogens (tertiary/aromatic N) is 1. The molecular formula is C15H22N2O2S2. The fraction of sp³-hybridized carbons (Fsp3) is 0.467. The summed E-state index contributed by atoms with van der Waals surface area (Å²) in [5, 5.41) is 2.63. The van der Waals surface area contributed by atoms with Gasteiger partial charge in [-0.1, -0.05) is 30.0 Å². The second-order valence-corrected chi connectivity index (χ2v) is 6.39. The van der Waals surface area contributed by atoms with Crippen LogP contribution in [-0.4, -0.2) is 40.6 Å². The van der Waals surface area contributed by atoms with Crippen LogP contribution in [0.5, 0.6) is 5.75 Å².